The summed E-state index contributed by atoms with van der Waals surface area (Å²) in [6.45, 7) is 2.60. The van der Waals surface area contributed by atoms with Crippen LogP contribution in [0.15, 0.2) is 64.5 Å². The Hall–Kier alpha value is -2.99. The fourth-order valence-electron chi connectivity index (χ4n) is 2.57. The Kier molecular flexibility index (Phi) is 4.75. The van der Waals surface area contributed by atoms with Crippen molar-refractivity contribution in [3.05, 3.63) is 70.9 Å². The van der Waals surface area contributed by atoms with Gasteiger partial charge in [0.05, 0.1) is 18.7 Å². The van der Waals surface area contributed by atoms with Gasteiger partial charge < -0.3 is 9.26 Å². The van der Waals surface area contributed by atoms with E-state index in [0.717, 1.165) is 27.6 Å². The molecule has 0 aliphatic heterocycles. The summed E-state index contributed by atoms with van der Waals surface area (Å²) in [6, 6.07) is 17.8. The van der Waals surface area contributed by atoms with Gasteiger partial charge in [-0.1, -0.05) is 35.5 Å². The highest BCUT2D eigenvalue weighted by atomic mass is 32.1. The van der Waals surface area contributed by atoms with Crippen LogP contribution in [0.25, 0.3) is 22.6 Å². The standard InChI is InChI=1S/C20H17N3O2S/c1-2-24-16-10-8-15(9-11-16)20-22-18(25-23-20)12-19-21-17(13-26-19)14-6-4-3-5-7-14/h3-11,13H,2,12H2,1H3. The summed E-state index contributed by atoms with van der Waals surface area (Å²) in [6.07, 6.45) is 0.529. The van der Waals surface area contributed by atoms with Crippen LogP contribution >= 0.6 is 11.3 Å². The molecule has 2 heterocycles. The Labute approximate surface area is 155 Å². The zero-order valence-corrected chi connectivity index (χ0v) is 15.1. The van der Waals surface area contributed by atoms with Crippen LogP contribution in [0.3, 0.4) is 0 Å². The van der Waals surface area contributed by atoms with E-state index in [9.17, 15) is 0 Å². The lowest BCUT2D eigenvalue weighted by Crippen LogP contribution is -1.91. The Morgan fingerprint density at radius 1 is 0.962 bits per heavy atom. The van der Waals surface area contributed by atoms with Gasteiger partial charge in [0.2, 0.25) is 11.7 Å². The van der Waals surface area contributed by atoms with Gasteiger partial charge in [0.1, 0.15) is 10.8 Å². The van der Waals surface area contributed by atoms with E-state index in [1.54, 1.807) is 11.3 Å². The highest BCUT2D eigenvalue weighted by Gasteiger charge is 2.12. The number of nitrogens with zero attached hydrogens (tertiary/aromatic N) is 3. The number of hydrogen-bond donors (Lipinski definition) is 0. The molecule has 0 radical (unpaired) electrons. The zero-order chi connectivity index (χ0) is 17.8. The molecular weight excluding hydrogens is 346 g/mol. The number of aromatic nitrogens is 3. The molecule has 4 aromatic rings. The maximum Gasteiger partial charge on any atom is 0.233 e. The van der Waals surface area contributed by atoms with Gasteiger partial charge in [-0.15, -0.1) is 11.3 Å². The molecule has 6 heteroatoms. The topological polar surface area (TPSA) is 61.0 Å². The quantitative estimate of drug-likeness (QED) is 0.490. The predicted octanol–water partition coefficient (Wildman–Crippen LogP) is 4.85. The van der Waals surface area contributed by atoms with Crippen LogP contribution in [0.4, 0.5) is 0 Å². The van der Waals surface area contributed by atoms with Crippen molar-refractivity contribution >= 4 is 11.3 Å². The van der Waals surface area contributed by atoms with Crippen LogP contribution in [0.1, 0.15) is 17.8 Å². The van der Waals surface area contributed by atoms with Gasteiger partial charge in [-0.3, -0.25) is 0 Å². The maximum absolute atomic E-state index is 5.45. The summed E-state index contributed by atoms with van der Waals surface area (Å²) in [5.41, 5.74) is 2.97. The van der Waals surface area contributed by atoms with E-state index >= 15 is 0 Å². The highest BCUT2D eigenvalue weighted by Crippen LogP contribution is 2.24. The molecule has 5 nitrogen and oxygen atoms in total. The van der Waals surface area contributed by atoms with E-state index < -0.39 is 0 Å². The van der Waals surface area contributed by atoms with Gasteiger partial charge in [0.15, 0.2) is 0 Å². The van der Waals surface area contributed by atoms with Crippen LogP contribution in [0.2, 0.25) is 0 Å². The fourth-order valence-corrected chi connectivity index (χ4v) is 3.37. The second kappa shape index (κ2) is 7.49. The fraction of sp³-hybridized carbons (Fsp3) is 0.150. The van der Waals surface area contributed by atoms with Gasteiger partial charge in [-0.2, -0.15) is 4.98 Å². The van der Waals surface area contributed by atoms with Crippen molar-refractivity contribution in [1.82, 2.24) is 15.1 Å². The third kappa shape index (κ3) is 3.65. The van der Waals surface area contributed by atoms with Crippen molar-refractivity contribution in [3.8, 4) is 28.4 Å². The molecule has 0 unspecified atom stereocenters. The Morgan fingerprint density at radius 2 is 1.77 bits per heavy atom. The molecular formula is C20H17N3O2S. The minimum Gasteiger partial charge on any atom is -0.494 e. The van der Waals surface area contributed by atoms with E-state index in [1.165, 1.54) is 0 Å². The monoisotopic (exact) mass is 363 g/mol. The van der Waals surface area contributed by atoms with Gasteiger partial charge in [0.25, 0.3) is 0 Å². The van der Waals surface area contributed by atoms with Crippen LogP contribution in [0, 0.1) is 0 Å². The van der Waals surface area contributed by atoms with Crippen LogP contribution in [-0.2, 0) is 6.42 Å². The minimum atomic E-state index is 0.529. The van der Waals surface area contributed by atoms with Crippen molar-refractivity contribution in [2.24, 2.45) is 0 Å². The zero-order valence-electron chi connectivity index (χ0n) is 14.3. The molecule has 4 rings (SSSR count). The molecule has 26 heavy (non-hydrogen) atoms. The summed E-state index contributed by atoms with van der Waals surface area (Å²) in [5.74, 6) is 1.96. The smallest absolute Gasteiger partial charge is 0.233 e. The van der Waals surface area contributed by atoms with Crippen LogP contribution < -0.4 is 4.74 Å². The van der Waals surface area contributed by atoms with E-state index in [2.05, 4.69) is 32.6 Å². The van der Waals surface area contributed by atoms with Crippen molar-refractivity contribution in [2.45, 2.75) is 13.3 Å². The van der Waals surface area contributed by atoms with E-state index in [-0.39, 0.29) is 0 Å². The Balaban J connectivity index is 1.48. The van der Waals surface area contributed by atoms with Crippen LogP contribution in [0.5, 0.6) is 5.75 Å². The average molecular weight is 363 g/mol. The molecule has 0 atom stereocenters. The van der Waals surface area contributed by atoms with E-state index in [0.29, 0.717) is 24.7 Å². The van der Waals surface area contributed by atoms with Crippen molar-refractivity contribution in [1.29, 1.82) is 0 Å². The summed E-state index contributed by atoms with van der Waals surface area (Å²) in [7, 11) is 0. The highest BCUT2D eigenvalue weighted by molar-refractivity contribution is 7.10. The first-order valence-corrected chi connectivity index (χ1v) is 9.25. The number of rotatable bonds is 6. The lowest BCUT2D eigenvalue weighted by atomic mass is 10.2. The van der Waals surface area contributed by atoms with Gasteiger partial charge in [-0.25, -0.2) is 4.98 Å². The molecule has 0 bridgehead atoms. The number of ether oxygens (including phenoxy) is 1. The Bertz CT molecular complexity index is 978. The maximum atomic E-state index is 5.45. The van der Waals surface area contributed by atoms with Crippen molar-refractivity contribution in [3.63, 3.8) is 0 Å². The molecule has 0 fully saturated rings. The average Bonchev–Trinajstić information content (AvgIpc) is 3.34. The first-order valence-electron chi connectivity index (χ1n) is 8.37. The predicted molar refractivity (Wildman–Crippen MR) is 101 cm³/mol. The molecule has 2 aromatic heterocycles. The first kappa shape index (κ1) is 16.5. The molecule has 0 spiro atoms. The summed E-state index contributed by atoms with van der Waals surface area (Å²) in [4.78, 5) is 9.15. The second-order valence-corrected chi connectivity index (χ2v) is 6.58. The van der Waals surface area contributed by atoms with Gasteiger partial charge in [0, 0.05) is 16.5 Å². The molecule has 0 aliphatic rings. The molecule has 0 saturated heterocycles. The van der Waals surface area contributed by atoms with Crippen molar-refractivity contribution < 1.29 is 9.26 Å². The molecule has 0 N–H and O–H groups in total. The molecule has 0 aliphatic carbocycles. The number of thiazole rings is 1. The van der Waals surface area contributed by atoms with E-state index in [1.807, 2.05) is 49.4 Å². The normalized spacial score (nSPS) is 10.8. The largest absolute Gasteiger partial charge is 0.494 e. The minimum absolute atomic E-state index is 0.529. The third-order valence-electron chi connectivity index (χ3n) is 3.82. The molecule has 130 valence electrons. The lowest BCUT2D eigenvalue weighted by Gasteiger charge is -2.02. The number of benzene rings is 2. The van der Waals surface area contributed by atoms with Gasteiger partial charge >= 0.3 is 0 Å². The lowest BCUT2D eigenvalue weighted by molar-refractivity contribution is 0.340. The first-order chi connectivity index (χ1) is 12.8. The Morgan fingerprint density at radius 3 is 2.54 bits per heavy atom. The molecule has 0 amide bonds. The van der Waals surface area contributed by atoms with Crippen molar-refractivity contribution in [2.75, 3.05) is 6.61 Å². The summed E-state index contributed by atoms with van der Waals surface area (Å²) >= 11 is 1.60. The molecule has 2 aromatic carbocycles. The van der Waals surface area contributed by atoms with Crippen LogP contribution in [-0.4, -0.2) is 21.7 Å². The third-order valence-corrected chi connectivity index (χ3v) is 4.66. The van der Waals surface area contributed by atoms with Gasteiger partial charge in [-0.05, 0) is 31.2 Å². The van der Waals surface area contributed by atoms with E-state index in [4.69, 9.17) is 9.26 Å². The second-order valence-electron chi connectivity index (χ2n) is 5.64. The summed E-state index contributed by atoms with van der Waals surface area (Å²) in [5, 5.41) is 7.07. The SMILES string of the molecule is CCOc1ccc(-c2noc(Cc3nc(-c4ccccc4)cs3)n2)cc1. The summed E-state index contributed by atoms with van der Waals surface area (Å²) < 4.78 is 10.8. The number of hydrogen-bond acceptors (Lipinski definition) is 6. The molecule has 0 saturated carbocycles.